The molecule has 3 heterocycles. The number of halogens is 3. The Morgan fingerprint density at radius 2 is 1.83 bits per heavy atom. The van der Waals surface area contributed by atoms with E-state index in [4.69, 9.17) is 4.52 Å². The monoisotopic (exact) mass is 338 g/mol. The molecule has 0 aliphatic rings. The summed E-state index contributed by atoms with van der Waals surface area (Å²) in [5, 5.41) is 7.32. The number of rotatable bonds is 3. The highest BCUT2D eigenvalue weighted by Crippen LogP contribution is 2.28. The maximum absolute atomic E-state index is 12.8. The number of fused-ring (bicyclic) bond motifs is 1. The molecule has 3 rings (SSSR count). The van der Waals surface area contributed by atoms with E-state index in [-0.39, 0.29) is 18.1 Å². The third-order valence-corrected chi connectivity index (χ3v) is 3.22. The van der Waals surface area contributed by atoms with Crippen LogP contribution in [0.2, 0.25) is 0 Å². The first kappa shape index (κ1) is 16.1. The molecule has 0 amide bonds. The van der Waals surface area contributed by atoms with Gasteiger partial charge in [-0.25, -0.2) is 15.0 Å². The molecule has 0 aliphatic carbocycles. The van der Waals surface area contributed by atoms with Crippen molar-refractivity contribution < 1.29 is 17.7 Å². The number of hydrogen-bond donors (Lipinski definition) is 1. The summed E-state index contributed by atoms with van der Waals surface area (Å²) in [6.45, 7) is 4.85. The Labute approximate surface area is 134 Å². The van der Waals surface area contributed by atoms with Gasteiger partial charge < -0.3 is 9.84 Å². The topological polar surface area (TPSA) is 89.6 Å². The van der Waals surface area contributed by atoms with Gasteiger partial charge in [0, 0.05) is 5.69 Å². The number of nitrogens with zero attached hydrogens (tertiary/aromatic N) is 5. The molecular weight excluding hydrogens is 325 g/mol. The molecule has 0 fully saturated rings. The Morgan fingerprint density at radius 1 is 1.08 bits per heavy atom. The quantitative estimate of drug-likeness (QED) is 0.785. The molecule has 0 saturated carbocycles. The molecule has 0 unspecified atom stereocenters. The lowest BCUT2D eigenvalue weighted by molar-refractivity contribution is -0.141. The Morgan fingerprint density at radius 3 is 2.54 bits per heavy atom. The van der Waals surface area contributed by atoms with E-state index in [1.165, 1.54) is 6.92 Å². The summed E-state index contributed by atoms with van der Waals surface area (Å²) < 4.78 is 43.6. The van der Waals surface area contributed by atoms with E-state index in [2.05, 4.69) is 30.4 Å². The van der Waals surface area contributed by atoms with Gasteiger partial charge in [-0.05, 0) is 26.8 Å². The summed E-state index contributed by atoms with van der Waals surface area (Å²) in [7, 11) is 0. The van der Waals surface area contributed by atoms with Gasteiger partial charge in [0.15, 0.2) is 0 Å². The summed E-state index contributed by atoms with van der Waals surface area (Å²) in [5.41, 5.74) is 0.147. The van der Waals surface area contributed by atoms with Crippen LogP contribution >= 0.6 is 0 Å². The molecule has 0 atom stereocenters. The Balaban J connectivity index is 1.92. The Hall–Kier alpha value is -2.78. The van der Waals surface area contributed by atoms with E-state index < -0.39 is 11.9 Å². The van der Waals surface area contributed by atoms with Crippen LogP contribution in [0.4, 0.5) is 19.0 Å². The van der Waals surface area contributed by atoms with Crippen molar-refractivity contribution in [2.75, 3.05) is 5.32 Å². The van der Waals surface area contributed by atoms with Crippen LogP contribution in [0.25, 0.3) is 11.1 Å². The number of anilines is 1. The fourth-order valence-corrected chi connectivity index (χ4v) is 2.24. The molecule has 0 bridgehead atoms. The summed E-state index contributed by atoms with van der Waals surface area (Å²) >= 11 is 0. The average Bonchev–Trinajstić information content (AvgIpc) is 2.84. The van der Waals surface area contributed by atoms with Gasteiger partial charge in [0.2, 0.25) is 0 Å². The molecular formula is C14H13F3N6O. The first-order valence-electron chi connectivity index (χ1n) is 7.00. The molecule has 1 N–H and O–H groups in total. The summed E-state index contributed by atoms with van der Waals surface area (Å²) in [6, 6.07) is 0.903. The van der Waals surface area contributed by atoms with Crippen LogP contribution in [-0.2, 0) is 12.7 Å². The maximum atomic E-state index is 12.8. The number of aromatic nitrogens is 5. The molecule has 3 aromatic rings. The molecule has 0 aliphatic heterocycles. The average molecular weight is 338 g/mol. The molecule has 0 saturated heterocycles. The highest BCUT2D eigenvalue weighted by Gasteiger charge is 2.33. The maximum Gasteiger partial charge on any atom is 0.433 e. The highest BCUT2D eigenvalue weighted by molar-refractivity contribution is 5.87. The zero-order chi connectivity index (χ0) is 17.5. The van der Waals surface area contributed by atoms with E-state index in [0.29, 0.717) is 28.4 Å². The fraction of sp³-hybridized carbons (Fsp3) is 0.357. The Bertz CT molecular complexity index is 905. The minimum atomic E-state index is -4.52. The predicted octanol–water partition coefficient (Wildman–Crippen LogP) is 2.96. The van der Waals surface area contributed by atoms with Crippen molar-refractivity contribution >= 4 is 16.9 Å². The second kappa shape index (κ2) is 5.69. The van der Waals surface area contributed by atoms with Crippen LogP contribution in [-0.4, -0.2) is 25.1 Å². The fourth-order valence-electron chi connectivity index (χ4n) is 2.24. The molecule has 10 heteroatoms. The van der Waals surface area contributed by atoms with Gasteiger partial charge in [-0.2, -0.15) is 18.2 Å². The first-order valence-corrected chi connectivity index (χ1v) is 7.00. The Kier molecular flexibility index (Phi) is 3.82. The van der Waals surface area contributed by atoms with Crippen LogP contribution in [0.5, 0.6) is 0 Å². The summed E-state index contributed by atoms with van der Waals surface area (Å²) in [5.74, 6) is 0.873. The molecule has 3 aromatic heterocycles. The number of aryl methyl sites for hydroxylation is 3. The molecule has 7 nitrogen and oxygen atoms in total. The van der Waals surface area contributed by atoms with Gasteiger partial charge in [0.05, 0.1) is 12.2 Å². The van der Waals surface area contributed by atoms with Gasteiger partial charge >= 0.3 is 6.18 Å². The first-order chi connectivity index (χ1) is 11.2. The predicted molar refractivity (Wildman–Crippen MR) is 78.2 cm³/mol. The molecule has 24 heavy (non-hydrogen) atoms. The van der Waals surface area contributed by atoms with Crippen LogP contribution < -0.4 is 5.32 Å². The van der Waals surface area contributed by atoms with Gasteiger partial charge in [0.1, 0.15) is 28.5 Å². The molecule has 0 spiro atoms. The normalized spacial score (nSPS) is 11.9. The smallest absolute Gasteiger partial charge is 0.362 e. The largest absolute Gasteiger partial charge is 0.433 e. The second-order valence-corrected chi connectivity index (χ2v) is 5.23. The van der Waals surface area contributed by atoms with Crippen molar-refractivity contribution in [3.8, 4) is 0 Å². The lowest BCUT2D eigenvalue weighted by atomic mass is 10.3. The number of alkyl halides is 3. The van der Waals surface area contributed by atoms with E-state index >= 15 is 0 Å². The lowest BCUT2D eigenvalue weighted by Gasteiger charge is -2.10. The van der Waals surface area contributed by atoms with Crippen molar-refractivity contribution in [3.63, 3.8) is 0 Å². The van der Waals surface area contributed by atoms with Crippen LogP contribution in [0.15, 0.2) is 10.6 Å². The van der Waals surface area contributed by atoms with Crippen LogP contribution in [0.1, 0.15) is 28.7 Å². The van der Waals surface area contributed by atoms with E-state index in [1.807, 2.05) is 0 Å². The third-order valence-electron chi connectivity index (χ3n) is 3.22. The van der Waals surface area contributed by atoms with Crippen molar-refractivity contribution in [1.82, 2.24) is 25.1 Å². The highest BCUT2D eigenvalue weighted by atomic mass is 19.4. The summed E-state index contributed by atoms with van der Waals surface area (Å²) in [6.07, 6.45) is -4.52. The molecule has 126 valence electrons. The van der Waals surface area contributed by atoms with Gasteiger partial charge in [-0.15, -0.1) is 0 Å². The van der Waals surface area contributed by atoms with Crippen LogP contribution in [0.3, 0.4) is 0 Å². The van der Waals surface area contributed by atoms with Crippen molar-refractivity contribution in [1.29, 1.82) is 0 Å². The molecule has 0 aromatic carbocycles. The standard InChI is InChI=1S/C14H13F3N6O/c1-6-4-9(14(15,16)17)22-10(19-6)5-18-12-11-7(2)23-24-13(11)21-8(3)20-12/h4H,5H2,1-3H3,(H,18,20,21). The van der Waals surface area contributed by atoms with Gasteiger partial charge in [0.25, 0.3) is 5.71 Å². The number of nitrogens with one attached hydrogen (secondary N) is 1. The lowest BCUT2D eigenvalue weighted by Crippen LogP contribution is -2.14. The minimum absolute atomic E-state index is 0.0147. The zero-order valence-corrected chi connectivity index (χ0v) is 13.1. The third kappa shape index (κ3) is 3.12. The van der Waals surface area contributed by atoms with Crippen molar-refractivity contribution in [3.05, 3.63) is 34.8 Å². The van der Waals surface area contributed by atoms with E-state index in [9.17, 15) is 13.2 Å². The zero-order valence-electron chi connectivity index (χ0n) is 13.1. The van der Waals surface area contributed by atoms with Gasteiger partial charge in [-0.1, -0.05) is 5.16 Å². The van der Waals surface area contributed by atoms with E-state index in [1.54, 1.807) is 13.8 Å². The molecule has 0 radical (unpaired) electrons. The second-order valence-electron chi connectivity index (χ2n) is 5.23. The van der Waals surface area contributed by atoms with Crippen molar-refractivity contribution in [2.24, 2.45) is 0 Å². The summed E-state index contributed by atoms with van der Waals surface area (Å²) in [4.78, 5) is 15.9. The minimum Gasteiger partial charge on any atom is -0.362 e. The van der Waals surface area contributed by atoms with Gasteiger partial charge in [-0.3, -0.25) is 0 Å². The van der Waals surface area contributed by atoms with Crippen molar-refractivity contribution in [2.45, 2.75) is 33.5 Å². The van der Waals surface area contributed by atoms with E-state index in [0.717, 1.165) is 6.07 Å². The number of hydrogen-bond acceptors (Lipinski definition) is 7. The SMILES string of the molecule is Cc1cc(C(F)(F)F)nc(CNc2nc(C)nc3onc(C)c23)n1. The van der Waals surface area contributed by atoms with Crippen LogP contribution in [0, 0.1) is 20.8 Å².